The van der Waals surface area contributed by atoms with Crippen molar-refractivity contribution < 1.29 is 0 Å². The zero-order chi connectivity index (χ0) is 21.8. The Balaban J connectivity index is 1.44. The zero-order valence-electron chi connectivity index (χ0n) is 18.7. The summed E-state index contributed by atoms with van der Waals surface area (Å²) < 4.78 is 2.55. The van der Waals surface area contributed by atoms with E-state index in [4.69, 9.17) is 4.98 Å². The first-order valence-corrected chi connectivity index (χ1v) is 11.7. The molecular formula is C29H31N3. The molecule has 5 rings (SSSR count). The molecule has 3 aromatic carbocycles. The van der Waals surface area contributed by atoms with E-state index in [0.717, 1.165) is 32.2 Å². The van der Waals surface area contributed by atoms with Gasteiger partial charge in [-0.15, -0.1) is 0 Å². The van der Waals surface area contributed by atoms with Crippen molar-refractivity contribution >= 4 is 0 Å². The molecule has 0 saturated heterocycles. The first-order chi connectivity index (χ1) is 15.8. The van der Waals surface area contributed by atoms with Crippen LogP contribution in [0.25, 0.3) is 0 Å². The Morgan fingerprint density at radius 1 is 0.812 bits per heavy atom. The lowest BCUT2D eigenvalue weighted by molar-refractivity contribution is 0.322. The van der Waals surface area contributed by atoms with Crippen molar-refractivity contribution in [3.05, 3.63) is 125 Å². The number of imidazole rings is 1. The fourth-order valence-electron chi connectivity index (χ4n) is 4.93. The van der Waals surface area contributed by atoms with E-state index in [1.807, 2.05) is 0 Å². The Bertz CT molecular complexity index is 1130. The van der Waals surface area contributed by atoms with Crippen molar-refractivity contribution in [2.24, 2.45) is 0 Å². The summed E-state index contributed by atoms with van der Waals surface area (Å²) in [5, 5.41) is 3.83. The van der Waals surface area contributed by atoms with Gasteiger partial charge in [-0.3, -0.25) is 0 Å². The highest BCUT2D eigenvalue weighted by Gasteiger charge is 2.31. The molecule has 0 aliphatic carbocycles. The van der Waals surface area contributed by atoms with Gasteiger partial charge >= 0.3 is 0 Å². The van der Waals surface area contributed by atoms with E-state index in [1.165, 1.54) is 33.9 Å². The molecule has 0 saturated carbocycles. The number of fused-ring (bicyclic) bond motifs is 1. The highest BCUT2D eigenvalue weighted by Crippen LogP contribution is 2.32. The Labute approximate surface area is 191 Å². The second-order valence-corrected chi connectivity index (χ2v) is 8.86. The molecule has 1 aliphatic heterocycles. The summed E-state index contributed by atoms with van der Waals surface area (Å²) in [6.07, 6.45) is 4.05. The highest BCUT2D eigenvalue weighted by atomic mass is 15.2. The summed E-state index contributed by atoms with van der Waals surface area (Å²) >= 11 is 0. The third-order valence-electron chi connectivity index (χ3n) is 6.66. The molecule has 2 heterocycles. The molecule has 0 radical (unpaired) electrons. The van der Waals surface area contributed by atoms with Crippen LogP contribution in [0.1, 0.15) is 52.4 Å². The average molecular weight is 422 g/mol. The molecule has 0 amide bonds. The van der Waals surface area contributed by atoms with E-state index < -0.39 is 0 Å². The molecule has 0 unspecified atom stereocenters. The van der Waals surface area contributed by atoms with Gasteiger partial charge in [-0.1, -0.05) is 91.0 Å². The topological polar surface area (TPSA) is 29.9 Å². The number of rotatable bonds is 7. The smallest absolute Gasteiger partial charge is 0.127 e. The van der Waals surface area contributed by atoms with Crippen molar-refractivity contribution in [1.82, 2.24) is 14.9 Å². The van der Waals surface area contributed by atoms with Crippen LogP contribution in [0, 0.1) is 6.92 Å². The molecule has 3 heteroatoms. The third kappa shape index (κ3) is 4.53. The van der Waals surface area contributed by atoms with Gasteiger partial charge in [0, 0.05) is 24.7 Å². The summed E-state index contributed by atoms with van der Waals surface area (Å²) in [7, 11) is 0. The fourth-order valence-corrected chi connectivity index (χ4v) is 4.93. The molecule has 4 aromatic rings. The fraction of sp³-hybridized carbons (Fsp3) is 0.276. The maximum atomic E-state index is 5.23. The number of nitrogens with one attached hydrogen (secondary N) is 1. The van der Waals surface area contributed by atoms with Crippen LogP contribution >= 0.6 is 0 Å². The Kier molecular flexibility index (Phi) is 6.17. The van der Waals surface area contributed by atoms with Crippen LogP contribution in [0.15, 0.2) is 91.0 Å². The Morgan fingerprint density at radius 3 is 2.06 bits per heavy atom. The standard InChI is InChI=1S/C29H31N3/c1-22-27(19-24-13-7-3-8-14-24)31-29-28(20-25-15-9-4-10-16-25)30-21-26(32(22)29)18-17-23-11-5-2-6-12-23/h2-16,26,28,30H,17-21H2,1H3/t26-,28-/m1/s1. The van der Waals surface area contributed by atoms with Gasteiger partial charge in [-0.05, 0) is 42.9 Å². The monoisotopic (exact) mass is 421 g/mol. The quantitative estimate of drug-likeness (QED) is 0.406. The normalized spacial score (nSPS) is 17.8. The predicted molar refractivity (Wildman–Crippen MR) is 131 cm³/mol. The number of nitrogens with zero attached hydrogens (tertiary/aromatic N) is 2. The SMILES string of the molecule is Cc1c(Cc2ccccc2)nc2n1[C@H](CCc1ccccc1)CN[C@@H]2Cc1ccccc1. The summed E-state index contributed by atoms with van der Waals surface area (Å²) in [6, 6.07) is 33.0. The minimum Gasteiger partial charge on any atom is -0.326 e. The lowest BCUT2D eigenvalue weighted by Gasteiger charge is -2.33. The second-order valence-electron chi connectivity index (χ2n) is 8.86. The first kappa shape index (κ1) is 20.7. The molecule has 1 aromatic heterocycles. The molecule has 1 N–H and O–H groups in total. The lowest BCUT2D eigenvalue weighted by Crippen LogP contribution is -2.39. The molecule has 0 fully saturated rings. The molecule has 2 atom stereocenters. The Hall–Kier alpha value is -3.17. The Morgan fingerprint density at radius 2 is 1.41 bits per heavy atom. The minimum absolute atomic E-state index is 0.244. The number of hydrogen-bond donors (Lipinski definition) is 1. The number of aryl methyl sites for hydroxylation is 1. The van der Waals surface area contributed by atoms with Crippen LogP contribution in [0.2, 0.25) is 0 Å². The van der Waals surface area contributed by atoms with Crippen molar-refractivity contribution in [3.8, 4) is 0 Å². The number of benzene rings is 3. The molecule has 0 bridgehead atoms. The van der Waals surface area contributed by atoms with Crippen molar-refractivity contribution in [1.29, 1.82) is 0 Å². The molecule has 162 valence electrons. The third-order valence-corrected chi connectivity index (χ3v) is 6.66. The van der Waals surface area contributed by atoms with E-state index in [2.05, 4.69) is 108 Å². The van der Waals surface area contributed by atoms with E-state index in [9.17, 15) is 0 Å². The largest absolute Gasteiger partial charge is 0.326 e. The minimum atomic E-state index is 0.244. The van der Waals surface area contributed by atoms with Crippen LogP contribution in [0.3, 0.4) is 0 Å². The van der Waals surface area contributed by atoms with Gasteiger partial charge in [-0.2, -0.15) is 0 Å². The maximum Gasteiger partial charge on any atom is 0.127 e. The number of hydrogen-bond acceptors (Lipinski definition) is 2. The van der Waals surface area contributed by atoms with Gasteiger partial charge in [0.15, 0.2) is 0 Å². The van der Waals surface area contributed by atoms with Gasteiger partial charge in [0.25, 0.3) is 0 Å². The summed E-state index contributed by atoms with van der Waals surface area (Å²) in [6.45, 7) is 3.24. The number of aromatic nitrogens is 2. The van der Waals surface area contributed by atoms with Crippen LogP contribution in [-0.4, -0.2) is 16.1 Å². The summed E-state index contributed by atoms with van der Waals surface area (Å²) in [5.41, 5.74) is 6.60. The van der Waals surface area contributed by atoms with Crippen LogP contribution in [0.5, 0.6) is 0 Å². The van der Waals surface area contributed by atoms with Crippen LogP contribution < -0.4 is 5.32 Å². The van der Waals surface area contributed by atoms with Crippen LogP contribution in [0.4, 0.5) is 0 Å². The van der Waals surface area contributed by atoms with Crippen molar-refractivity contribution in [2.75, 3.05) is 6.54 Å². The van der Waals surface area contributed by atoms with Gasteiger partial charge in [0.1, 0.15) is 5.82 Å². The van der Waals surface area contributed by atoms with Gasteiger partial charge in [0.05, 0.1) is 11.7 Å². The summed E-state index contributed by atoms with van der Waals surface area (Å²) in [5.74, 6) is 1.20. The average Bonchev–Trinajstić information content (AvgIpc) is 3.17. The molecule has 1 aliphatic rings. The van der Waals surface area contributed by atoms with Crippen LogP contribution in [-0.2, 0) is 19.3 Å². The maximum absolute atomic E-state index is 5.23. The van der Waals surface area contributed by atoms with Gasteiger partial charge in [-0.25, -0.2) is 4.98 Å². The molecule has 32 heavy (non-hydrogen) atoms. The van der Waals surface area contributed by atoms with Crippen molar-refractivity contribution in [3.63, 3.8) is 0 Å². The molecule has 0 spiro atoms. The molecule has 3 nitrogen and oxygen atoms in total. The molecular weight excluding hydrogens is 390 g/mol. The van der Waals surface area contributed by atoms with Crippen molar-refractivity contribution in [2.45, 2.75) is 44.7 Å². The van der Waals surface area contributed by atoms with Gasteiger partial charge in [0.2, 0.25) is 0 Å². The first-order valence-electron chi connectivity index (χ1n) is 11.7. The van der Waals surface area contributed by atoms with E-state index in [-0.39, 0.29) is 6.04 Å². The van der Waals surface area contributed by atoms with E-state index >= 15 is 0 Å². The second kappa shape index (κ2) is 9.54. The zero-order valence-corrected chi connectivity index (χ0v) is 18.7. The highest BCUT2D eigenvalue weighted by molar-refractivity contribution is 5.29. The van der Waals surface area contributed by atoms with E-state index in [1.54, 1.807) is 0 Å². The summed E-state index contributed by atoms with van der Waals surface area (Å²) in [4.78, 5) is 5.23. The lowest BCUT2D eigenvalue weighted by atomic mass is 9.99. The van der Waals surface area contributed by atoms with Gasteiger partial charge < -0.3 is 9.88 Å². The van der Waals surface area contributed by atoms with E-state index in [0.29, 0.717) is 6.04 Å². The predicted octanol–water partition coefficient (Wildman–Crippen LogP) is 5.84.